The SMILES string of the molecule is COc1ccc(CCN2C(=O)c3ccc(C(=O)Nc4oc(C)c(C(C)=O)c4C(N)=O)cc3C2=O)cc1. The van der Waals surface area contributed by atoms with E-state index in [2.05, 4.69) is 5.32 Å². The van der Waals surface area contributed by atoms with Crippen LogP contribution in [0.3, 0.4) is 0 Å². The van der Waals surface area contributed by atoms with Gasteiger partial charge in [0.15, 0.2) is 5.78 Å². The molecule has 2 aromatic carbocycles. The summed E-state index contributed by atoms with van der Waals surface area (Å²) in [7, 11) is 1.57. The molecule has 4 rings (SSSR count). The van der Waals surface area contributed by atoms with E-state index in [-0.39, 0.29) is 46.0 Å². The van der Waals surface area contributed by atoms with Gasteiger partial charge in [-0.15, -0.1) is 0 Å². The lowest BCUT2D eigenvalue weighted by Gasteiger charge is -2.13. The number of nitrogens with two attached hydrogens (primary N) is 1. The van der Waals surface area contributed by atoms with E-state index in [1.165, 1.54) is 32.0 Å². The van der Waals surface area contributed by atoms with E-state index in [4.69, 9.17) is 14.9 Å². The van der Waals surface area contributed by atoms with Gasteiger partial charge in [-0.05, 0) is 56.2 Å². The van der Waals surface area contributed by atoms with Gasteiger partial charge in [-0.3, -0.25) is 34.2 Å². The second kappa shape index (κ2) is 9.49. The molecule has 184 valence electrons. The molecule has 1 aliphatic rings. The van der Waals surface area contributed by atoms with E-state index in [1.807, 2.05) is 12.1 Å². The molecule has 0 radical (unpaired) electrons. The minimum atomic E-state index is -0.936. The number of nitrogens with zero attached hydrogens (tertiary/aromatic N) is 1. The summed E-state index contributed by atoms with van der Waals surface area (Å²) < 4.78 is 10.5. The van der Waals surface area contributed by atoms with Gasteiger partial charge in [0.1, 0.15) is 17.1 Å². The Morgan fingerprint density at radius 2 is 1.67 bits per heavy atom. The lowest BCUT2D eigenvalue weighted by Crippen LogP contribution is -2.31. The maximum absolute atomic E-state index is 13.0. The molecule has 10 nitrogen and oxygen atoms in total. The number of methoxy groups -OCH3 is 1. The van der Waals surface area contributed by atoms with Gasteiger partial charge in [0.25, 0.3) is 23.6 Å². The lowest BCUT2D eigenvalue weighted by molar-refractivity contribution is 0.0655. The van der Waals surface area contributed by atoms with Gasteiger partial charge in [-0.2, -0.15) is 0 Å². The molecule has 0 fully saturated rings. The molecular weight excluding hydrogens is 466 g/mol. The summed E-state index contributed by atoms with van der Waals surface area (Å²) in [5.74, 6) is -2.47. The number of benzene rings is 2. The molecular formula is C26H23N3O7. The molecule has 4 amide bonds. The van der Waals surface area contributed by atoms with Crippen molar-refractivity contribution in [2.75, 3.05) is 19.0 Å². The van der Waals surface area contributed by atoms with Crippen LogP contribution in [0.15, 0.2) is 46.9 Å². The van der Waals surface area contributed by atoms with E-state index >= 15 is 0 Å². The third-order valence-corrected chi connectivity index (χ3v) is 5.93. The van der Waals surface area contributed by atoms with Gasteiger partial charge < -0.3 is 14.9 Å². The molecule has 0 atom stereocenters. The summed E-state index contributed by atoms with van der Waals surface area (Å²) in [6.45, 7) is 2.89. The fourth-order valence-corrected chi connectivity index (χ4v) is 4.14. The van der Waals surface area contributed by atoms with Crippen molar-refractivity contribution in [3.05, 3.63) is 81.6 Å². The number of imide groups is 1. The first-order chi connectivity index (χ1) is 17.1. The zero-order valence-electron chi connectivity index (χ0n) is 19.8. The van der Waals surface area contributed by atoms with E-state index in [0.29, 0.717) is 12.2 Å². The number of amides is 4. The van der Waals surface area contributed by atoms with E-state index < -0.39 is 29.4 Å². The summed E-state index contributed by atoms with van der Waals surface area (Å²) in [6, 6.07) is 11.4. The zero-order valence-corrected chi connectivity index (χ0v) is 19.8. The minimum Gasteiger partial charge on any atom is -0.497 e. The normalized spacial score (nSPS) is 12.5. The predicted octanol–water partition coefficient (Wildman–Crippen LogP) is 2.99. The summed E-state index contributed by atoms with van der Waals surface area (Å²) in [5, 5.41) is 2.43. The van der Waals surface area contributed by atoms with Crippen LogP contribution in [-0.4, -0.2) is 48.0 Å². The second-order valence-corrected chi connectivity index (χ2v) is 8.23. The van der Waals surface area contributed by atoms with Crippen molar-refractivity contribution in [2.45, 2.75) is 20.3 Å². The number of Topliss-reactive ketones (excluding diaryl/α,β-unsaturated/α-hetero) is 1. The highest BCUT2D eigenvalue weighted by Crippen LogP contribution is 2.29. The molecule has 0 saturated carbocycles. The third kappa shape index (κ3) is 4.36. The summed E-state index contributed by atoms with van der Waals surface area (Å²) >= 11 is 0. The van der Waals surface area contributed by atoms with Gasteiger partial charge in [-0.1, -0.05) is 12.1 Å². The Balaban J connectivity index is 1.53. The molecule has 0 unspecified atom stereocenters. The van der Waals surface area contributed by atoms with E-state index in [9.17, 15) is 24.0 Å². The van der Waals surface area contributed by atoms with Crippen molar-refractivity contribution in [1.82, 2.24) is 4.90 Å². The lowest BCUT2D eigenvalue weighted by atomic mass is 10.0. The molecule has 0 spiro atoms. The molecule has 10 heteroatoms. The number of hydrogen-bond donors (Lipinski definition) is 2. The number of primary amides is 1. The van der Waals surface area contributed by atoms with Crippen molar-refractivity contribution < 1.29 is 33.1 Å². The molecule has 3 aromatic rings. The predicted molar refractivity (Wildman–Crippen MR) is 128 cm³/mol. The van der Waals surface area contributed by atoms with Gasteiger partial charge in [0.2, 0.25) is 5.88 Å². The standard InChI is InChI=1S/C26H23N3O7/c1-13(30)20-14(2)36-24(21(20)22(27)31)28-23(32)16-6-9-18-19(12-16)26(34)29(25(18)33)11-10-15-4-7-17(35-3)8-5-15/h4-9,12H,10-11H2,1-3H3,(H2,27,31)(H,28,32). The molecule has 1 aliphatic heterocycles. The number of carbonyl (C=O) groups is 5. The van der Waals surface area contributed by atoms with Gasteiger partial charge >= 0.3 is 0 Å². The largest absolute Gasteiger partial charge is 0.497 e. The molecule has 0 aliphatic carbocycles. The first kappa shape index (κ1) is 24.4. The number of nitrogens with one attached hydrogen (secondary N) is 1. The van der Waals surface area contributed by atoms with Crippen LogP contribution in [0.1, 0.15) is 70.0 Å². The molecule has 2 heterocycles. The van der Waals surface area contributed by atoms with Crippen molar-refractivity contribution in [1.29, 1.82) is 0 Å². The van der Waals surface area contributed by atoms with Crippen LogP contribution in [-0.2, 0) is 6.42 Å². The molecule has 0 bridgehead atoms. The van der Waals surface area contributed by atoms with Crippen LogP contribution in [0, 0.1) is 6.92 Å². The van der Waals surface area contributed by atoms with Gasteiger partial charge in [-0.25, -0.2) is 0 Å². The second-order valence-electron chi connectivity index (χ2n) is 8.23. The zero-order chi connectivity index (χ0) is 26.1. The highest BCUT2D eigenvalue weighted by atomic mass is 16.5. The number of ether oxygens (including phenoxy) is 1. The highest BCUT2D eigenvalue weighted by Gasteiger charge is 2.36. The Morgan fingerprint density at radius 1 is 1.00 bits per heavy atom. The number of anilines is 1. The van der Waals surface area contributed by atoms with Crippen LogP contribution in [0.2, 0.25) is 0 Å². The minimum absolute atomic E-state index is 0.0139. The summed E-state index contributed by atoms with van der Waals surface area (Å²) in [4.78, 5) is 63.6. The Bertz CT molecular complexity index is 1420. The van der Waals surface area contributed by atoms with Crippen molar-refractivity contribution >= 4 is 35.3 Å². The smallest absolute Gasteiger partial charge is 0.261 e. The number of furan rings is 1. The van der Waals surface area contributed by atoms with E-state index in [0.717, 1.165) is 10.5 Å². The average molecular weight is 489 g/mol. The van der Waals surface area contributed by atoms with Crippen LogP contribution < -0.4 is 15.8 Å². The first-order valence-electron chi connectivity index (χ1n) is 11.0. The number of fused-ring (bicyclic) bond motifs is 1. The van der Waals surface area contributed by atoms with Crippen LogP contribution in [0.25, 0.3) is 0 Å². The van der Waals surface area contributed by atoms with E-state index in [1.54, 1.807) is 19.2 Å². The number of aryl methyl sites for hydroxylation is 1. The number of ketones is 1. The Kier molecular flexibility index (Phi) is 6.43. The monoisotopic (exact) mass is 489 g/mol. The Hall–Kier alpha value is -4.73. The van der Waals surface area contributed by atoms with Gasteiger partial charge in [0, 0.05) is 12.1 Å². The Labute approximate surface area is 206 Å². The average Bonchev–Trinajstić information content (AvgIpc) is 3.31. The van der Waals surface area contributed by atoms with Crippen LogP contribution in [0.4, 0.5) is 5.88 Å². The maximum Gasteiger partial charge on any atom is 0.261 e. The molecule has 3 N–H and O–H groups in total. The van der Waals surface area contributed by atoms with Gasteiger partial charge in [0.05, 0.1) is 23.8 Å². The molecule has 0 saturated heterocycles. The fraction of sp³-hybridized carbons (Fsp3) is 0.192. The van der Waals surface area contributed by atoms with Crippen molar-refractivity contribution in [3.8, 4) is 5.75 Å². The summed E-state index contributed by atoms with van der Waals surface area (Å²) in [6.07, 6.45) is 0.453. The topological polar surface area (TPSA) is 149 Å². The van der Waals surface area contributed by atoms with Crippen molar-refractivity contribution in [3.63, 3.8) is 0 Å². The van der Waals surface area contributed by atoms with Crippen molar-refractivity contribution in [2.24, 2.45) is 5.73 Å². The number of carbonyl (C=O) groups excluding carboxylic acids is 5. The quantitative estimate of drug-likeness (QED) is 0.365. The molecule has 36 heavy (non-hydrogen) atoms. The number of hydrogen-bond acceptors (Lipinski definition) is 7. The van der Waals surface area contributed by atoms with Crippen LogP contribution in [0.5, 0.6) is 5.75 Å². The molecule has 1 aromatic heterocycles. The third-order valence-electron chi connectivity index (χ3n) is 5.93. The first-order valence-corrected chi connectivity index (χ1v) is 11.0. The van der Waals surface area contributed by atoms with Crippen LogP contribution >= 0.6 is 0 Å². The highest BCUT2D eigenvalue weighted by molar-refractivity contribution is 6.22. The maximum atomic E-state index is 13.0. The number of rotatable bonds is 8. The fourth-order valence-electron chi connectivity index (χ4n) is 4.14. The Morgan fingerprint density at radius 3 is 2.28 bits per heavy atom. The summed E-state index contributed by atoms with van der Waals surface area (Å²) in [5.41, 5.74) is 6.42.